The van der Waals surface area contributed by atoms with Crippen LogP contribution in [0.15, 0.2) is 54.7 Å². The Morgan fingerprint density at radius 2 is 1.97 bits per heavy atom. The molecule has 3 heterocycles. The van der Waals surface area contributed by atoms with E-state index in [1.807, 2.05) is 36.5 Å². The average molecular weight is 407 g/mol. The first-order chi connectivity index (χ1) is 14.0. The number of ether oxygens (including phenoxy) is 1. The molecule has 3 aromatic rings. The van der Waals surface area contributed by atoms with Crippen molar-refractivity contribution < 1.29 is 4.74 Å². The van der Waals surface area contributed by atoms with Gasteiger partial charge in [-0.1, -0.05) is 12.1 Å². The lowest BCUT2D eigenvalue weighted by Crippen LogP contribution is -2.29. The molecule has 29 heavy (non-hydrogen) atoms. The van der Waals surface area contributed by atoms with E-state index >= 15 is 0 Å². The van der Waals surface area contributed by atoms with Crippen LogP contribution in [-0.2, 0) is 6.54 Å². The second-order valence-corrected chi connectivity index (χ2v) is 7.66. The van der Waals surface area contributed by atoms with Crippen LogP contribution in [0, 0.1) is 13.8 Å². The molecule has 150 valence electrons. The highest BCUT2D eigenvalue weighted by atomic mass is 32.1. The molecule has 0 unspecified atom stereocenters. The van der Waals surface area contributed by atoms with Crippen LogP contribution in [0.1, 0.15) is 41.7 Å². The summed E-state index contributed by atoms with van der Waals surface area (Å²) in [5.41, 5.74) is 5.76. The summed E-state index contributed by atoms with van der Waals surface area (Å²) in [7, 11) is 1.68. The van der Waals surface area contributed by atoms with E-state index in [0.717, 1.165) is 23.7 Å². The molecule has 1 fully saturated rings. The Balaban J connectivity index is 1.88. The zero-order chi connectivity index (χ0) is 20.5. The SMILES string of the molecule is CCn1c(C)cc([C@@H]2[C@@H](c3ccccn3)NC(=S)N2c2cccc(OC)c2)c1C. The molecular weight excluding hydrogens is 380 g/mol. The molecule has 5 nitrogen and oxygen atoms in total. The van der Waals surface area contributed by atoms with Gasteiger partial charge in [0.2, 0.25) is 0 Å². The molecule has 2 aromatic heterocycles. The van der Waals surface area contributed by atoms with E-state index in [4.69, 9.17) is 17.0 Å². The van der Waals surface area contributed by atoms with Gasteiger partial charge in [0.15, 0.2) is 5.11 Å². The highest BCUT2D eigenvalue weighted by Crippen LogP contribution is 2.43. The summed E-state index contributed by atoms with van der Waals surface area (Å²) in [5, 5.41) is 4.22. The molecular formula is C23H26N4OS. The summed E-state index contributed by atoms with van der Waals surface area (Å²) in [6.45, 7) is 7.46. The fourth-order valence-electron chi connectivity index (χ4n) is 4.32. The number of nitrogens with one attached hydrogen (secondary N) is 1. The van der Waals surface area contributed by atoms with E-state index < -0.39 is 0 Å². The minimum atomic E-state index is -0.0410. The van der Waals surface area contributed by atoms with Gasteiger partial charge in [-0.25, -0.2) is 0 Å². The van der Waals surface area contributed by atoms with Crippen molar-refractivity contribution in [1.29, 1.82) is 0 Å². The van der Waals surface area contributed by atoms with Gasteiger partial charge in [-0.15, -0.1) is 0 Å². The van der Waals surface area contributed by atoms with Gasteiger partial charge in [0.05, 0.1) is 24.9 Å². The Labute approximate surface area is 177 Å². The van der Waals surface area contributed by atoms with Crippen molar-refractivity contribution in [2.75, 3.05) is 12.0 Å². The maximum absolute atomic E-state index is 5.81. The lowest BCUT2D eigenvalue weighted by atomic mass is 9.96. The van der Waals surface area contributed by atoms with Crippen molar-refractivity contribution in [3.05, 3.63) is 77.4 Å². The summed E-state index contributed by atoms with van der Waals surface area (Å²) in [4.78, 5) is 6.82. The van der Waals surface area contributed by atoms with E-state index in [1.54, 1.807) is 7.11 Å². The van der Waals surface area contributed by atoms with Gasteiger partial charge in [-0.2, -0.15) is 0 Å². The third kappa shape index (κ3) is 3.38. The number of aromatic nitrogens is 2. The van der Waals surface area contributed by atoms with Gasteiger partial charge in [0.1, 0.15) is 5.75 Å². The van der Waals surface area contributed by atoms with Gasteiger partial charge in [-0.3, -0.25) is 4.98 Å². The fourth-order valence-corrected chi connectivity index (χ4v) is 4.67. The van der Waals surface area contributed by atoms with Crippen LogP contribution in [0.5, 0.6) is 5.75 Å². The van der Waals surface area contributed by atoms with Gasteiger partial charge >= 0.3 is 0 Å². The number of anilines is 1. The molecule has 1 saturated heterocycles. The summed E-state index contributed by atoms with van der Waals surface area (Å²) in [6, 6.07) is 16.3. The standard InChI is InChI=1S/C23H26N4OS/c1-5-26-15(2)13-19(16(26)3)22-21(20-11-6-7-12-24-20)25-23(29)27(22)17-9-8-10-18(14-17)28-4/h6-14,21-22H,5H2,1-4H3,(H,25,29)/t21-,22-/m1/s1. The summed E-state index contributed by atoms with van der Waals surface area (Å²) in [5.74, 6) is 0.810. The number of benzene rings is 1. The second-order valence-electron chi connectivity index (χ2n) is 7.27. The number of thiocarbonyl (C=S) groups is 1. The number of aryl methyl sites for hydroxylation is 1. The second kappa shape index (κ2) is 7.87. The van der Waals surface area contributed by atoms with Gasteiger partial charge in [-0.05, 0) is 68.9 Å². The van der Waals surface area contributed by atoms with Crippen LogP contribution in [0.3, 0.4) is 0 Å². The normalized spacial score (nSPS) is 18.8. The van der Waals surface area contributed by atoms with E-state index in [1.165, 1.54) is 17.0 Å². The lowest BCUT2D eigenvalue weighted by Gasteiger charge is -2.28. The van der Waals surface area contributed by atoms with E-state index in [2.05, 4.69) is 58.7 Å². The molecule has 6 heteroatoms. The van der Waals surface area contributed by atoms with Crippen molar-refractivity contribution in [3.63, 3.8) is 0 Å². The Morgan fingerprint density at radius 3 is 2.62 bits per heavy atom. The lowest BCUT2D eigenvalue weighted by molar-refractivity contribution is 0.415. The van der Waals surface area contributed by atoms with Crippen molar-refractivity contribution in [2.45, 2.75) is 39.4 Å². The Morgan fingerprint density at radius 1 is 1.14 bits per heavy atom. The van der Waals surface area contributed by atoms with Crippen LogP contribution >= 0.6 is 12.2 Å². The quantitative estimate of drug-likeness (QED) is 0.622. The minimum Gasteiger partial charge on any atom is -0.497 e. The van der Waals surface area contributed by atoms with E-state index in [9.17, 15) is 0 Å². The zero-order valence-corrected chi connectivity index (χ0v) is 18.0. The van der Waals surface area contributed by atoms with Gasteiger partial charge in [0, 0.05) is 35.9 Å². The number of pyridine rings is 1. The number of hydrogen-bond acceptors (Lipinski definition) is 3. The Bertz CT molecular complexity index is 1030. The van der Waals surface area contributed by atoms with Crippen LogP contribution < -0.4 is 15.0 Å². The number of nitrogens with zero attached hydrogens (tertiary/aromatic N) is 3. The van der Waals surface area contributed by atoms with Gasteiger partial charge < -0.3 is 19.5 Å². The Kier molecular flexibility index (Phi) is 5.28. The molecule has 1 aromatic carbocycles. The maximum Gasteiger partial charge on any atom is 0.174 e. The first-order valence-corrected chi connectivity index (χ1v) is 10.3. The molecule has 0 saturated carbocycles. The van der Waals surface area contributed by atoms with Gasteiger partial charge in [0.25, 0.3) is 0 Å². The molecule has 4 rings (SSSR count). The monoisotopic (exact) mass is 406 g/mol. The van der Waals surface area contributed by atoms with Crippen LogP contribution in [0.25, 0.3) is 0 Å². The molecule has 0 aliphatic carbocycles. The predicted octanol–water partition coefficient (Wildman–Crippen LogP) is 4.71. The molecule has 0 bridgehead atoms. The van der Waals surface area contributed by atoms with E-state index in [0.29, 0.717) is 5.11 Å². The summed E-state index contributed by atoms with van der Waals surface area (Å²) in [6.07, 6.45) is 1.83. The van der Waals surface area contributed by atoms with E-state index in [-0.39, 0.29) is 12.1 Å². The number of methoxy groups -OCH3 is 1. The number of hydrogen-bond donors (Lipinski definition) is 1. The third-order valence-electron chi connectivity index (χ3n) is 5.68. The first kappa shape index (κ1) is 19.5. The third-order valence-corrected chi connectivity index (χ3v) is 5.99. The minimum absolute atomic E-state index is 0.00370. The maximum atomic E-state index is 5.81. The molecule has 1 N–H and O–H groups in total. The zero-order valence-electron chi connectivity index (χ0n) is 17.2. The highest BCUT2D eigenvalue weighted by molar-refractivity contribution is 7.80. The molecule has 0 radical (unpaired) electrons. The van der Waals surface area contributed by atoms with Crippen molar-refractivity contribution in [1.82, 2.24) is 14.9 Å². The van der Waals surface area contributed by atoms with Crippen LogP contribution in [-0.4, -0.2) is 21.8 Å². The van der Waals surface area contributed by atoms with Crippen molar-refractivity contribution in [2.24, 2.45) is 0 Å². The smallest absolute Gasteiger partial charge is 0.174 e. The average Bonchev–Trinajstić information content (AvgIpc) is 3.23. The molecule has 2 atom stereocenters. The summed E-state index contributed by atoms with van der Waals surface area (Å²) >= 11 is 5.81. The fraction of sp³-hybridized carbons (Fsp3) is 0.304. The van der Waals surface area contributed by atoms with Crippen LogP contribution in [0.4, 0.5) is 5.69 Å². The molecule has 0 spiro atoms. The molecule has 0 amide bonds. The molecule has 1 aliphatic rings. The first-order valence-electron chi connectivity index (χ1n) is 9.86. The Hall–Kier alpha value is -2.86. The molecule has 1 aliphatic heterocycles. The van der Waals surface area contributed by atoms with Crippen LogP contribution in [0.2, 0.25) is 0 Å². The van der Waals surface area contributed by atoms with Crippen molar-refractivity contribution >= 4 is 23.0 Å². The van der Waals surface area contributed by atoms with Crippen molar-refractivity contribution in [3.8, 4) is 5.75 Å². The highest BCUT2D eigenvalue weighted by Gasteiger charge is 2.42. The summed E-state index contributed by atoms with van der Waals surface area (Å²) < 4.78 is 7.80. The predicted molar refractivity (Wildman–Crippen MR) is 121 cm³/mol. The topological polar surface area (TPSA) is 42.3 Å². The largest absolute Gasteiger partial charge is 0.497 e. The number of rotatable bonds is 5.